The predicted octanol–water partition coefficient (Wildman–Crippen LogP) is 2.27. The van der Waals surface area contributed by atoms with E-state index < -0.39 is 5.97 Å². The van der Waals surface area contributed by atoms with E-state index in [2.05, 4.69) is 5.32 Å². The van der Waals surface area contributed by atoms with E-state index in [1.54, 1.807) is 19.1 Å². The Labute approximate surface area is 101 Å². The smallest absolute Gasteiger partial charge is 0.335 e. The summed E-state index contributed by atoms with van der Waals surface area (Å²) >= 11 is 0. The van der Waals surface area contributed by atoms with Crippen molar-refractivity contribution in [1.29, 1.82) is 0 Å². The first kappa shape index (κ1) is 13.5. The van der Waals surface area contributed by atoms with Crippen LogP contribution in [0.1, 0.15) is 35.7 Å². The van der Waals surface area contributed by atoms with Crippen molar-refractivity contribution < 1.29 is 15.0 Å². The summed E-state index contributed by atoms with van der Waals surface area (Å²) in [6.07, 6.45) is 1.16. The van der Waals surface area contributed by atoms with E-state index in [-0.39, 0.29) is 6.10 Å². The second kappa shape index (κ2) is 6.25. The van der Waals surface area contributed by atoms with Gasteiger partial charge in [0.05, 0.1) is 11.7 Å². The Morgan fingerprint density at radius 1 is 1.47 bits per heavy atom. The summed E-state index contributed by atoms with van der Waals surface area (Å²) in [6.45, 7) is 4.40. The number of carbonyl (C=O) groups is 1. The van der Waals surface area contributed by atoms with Gasteiger partial charge in [-0.2, -0.15) is 0 Å². The number of carboxylic acids is 1. The Morgan fingerprint density at radius 2 is 2.18 bits per heavy atom. The molecule has 1 atom stereocenters. The SMILES string of the molecule is CCC(O)CCNc1ccc(C(=O)O)c(C)c1. The first-order chi connectivity index (χ1) is 8.04. The first-order valence-electron chi connectivity index (χ1n) is 5.80. The minimum atomic E-state index is -0.907. The molecule has 94 valence electrons. The minimum absolute atomic E-state index is 0.276. The van der Waals surface area contributed by atoms with Gasteiger partial charge in [-0.05, 0) is 43.5 Å². The van der Waals surface area contributed by atoms with Gasteiger partial charge in [-0.25, -0.2) is 4.79 Å². The summed E-state index contributed by atoms with van der Waals surface area (Å²) in [5.41, 5.74) is 1.94. The van der Waals surface area contributed by atoms with Crippen LogP contribution in [-0.4, -0.2) is 28.8 Å². The summed E-state index contributed by atoms with van der Waals surface area (Å²) < 4.78 is 0. The lowest BCUT2D eigenvalue weighted by molar-refractivity contribution is 0.0696. The second-order valence-electron chi connectivity index (χ2n) is 4.11. The largest absolute Gasteiger partial charge is 0.478 e. The Bertz CT molecular complexity index is 390. The van der Waals surface area contributed by atoms with Crippen LogP contribution in [0.4, 0.5) is 5.69 Å². The Balaban J connectivity index is 2.56. The molecule has 17 heavy (non-hydrogen) atoms. The maximum absolute atomic E-state index is 10.8. The fraction of sp³-hybridized carbons (Fsp3) is 0.462. The van der Waals surface area contributed by atoms with Gasteiger partial charge in [-0.3, -0.25) is 0 Å². The van der Waals surface area contributed by atoms with Crippen LogP contribution in [0.15, 0.2) is 18.2 Å². The third-order valence-corrected chi connectivity index (χ3v) is 2.73. The van der Waals surface area contributed by atoms with E-state index >= 15 is 0 Å². The third-order valence-electron chi connectivity index (χ3n) is 2.73. The van der Waals surface area contributed by atoms with E-state index in [0.717, 1.165) is 17.7 Å². The van der Waals surface area contributed by atoms with Crippen molar-refractivity contribution in [2.45, 2.75) is 32.8 Å². The minimum Gasteiger partial charge on any atom is -0.478 e. The van der Waals surface area contributed by atoms with Crippen molar-refractivity contribution in [2.75, 3.05) is 11.9 Å². The predicted molar refractivity (Wildman–Crippen MR) is 67.5 cm³/mol. The molecular weight excluding hydrogens is 218 g/mol. The number of carboxylic acid groups (broad SMARTS) is 1. The summed E-state index contributed by atoms with van der Waals surface area (Å²) in [5.74, 6) is -0.907. The van der Waals surface area contributed by atoms with Gasteiger partial charge in [0, 0.05) is 12.2 Å². The number of aliphatic hydroxyl groups is 1. The highest BCUT2D eigenvalue weighted by Gasteiger charge is 2.07. The molecule has 1 unspecified atom stereocenters. The zero-order valence-electron chi connectivity index (χ0n) is 10.2. The molecule has 0 saturated carbocycles. The maximum Gasteiger partial charge on any atom is 0.335 e. The van der Waals surface area contributed by atoms with Crippen molar-refractivity contribution >= 4 is 11.7 Å². The molecule has 0 aliphatic heterocycles. The zero-order chi connectivity index (χ0) is 12.8. The van der Waals surface area contributed by atoms with E-state index in [9.17, 15) is 9.90 Å². The Morgan fingerprint density at radius 3 is 2.71 bits per heavy atom. The monoisotopic (exact) mass is 237 g/mol. The molecule has 0 fully saturated rings. The lowest BCUT2D eigenvalue weighted by Crippen LogP contribution is -2.12. The fourth-order valence-electron chi connectivity index (χ4n) is 1.60. The molecule has 1 aromatic carbocycles. The number of anilines is 1. The molecule has 0 heterocycles. The topological polar surface area (TPSA) is 69.6 Å². The molecule has 0 saturated heterocycles. The lowest BCUT2D eigenvalue weighted by atomic mass is 10.1. The average molecular weight is 237 g/mol. The molecule has 4 nitrogen and oxygen atoms in total. The van der Waals surface area contributed by atoms with Crippen molar-refractivity contribution in [3.63, 3.8) is 0 Å². The van der Waals surface area contributed by atoms with Crippen LogP contribution in [0.3, 0.4) is 0 Å². The van der Waals surface area contributed by atoms with Crippen LogP contribution in [0.2, 0.25) is 0 Å². The van der Waals surface area contributed by atoms with Gasteiger partial charge in [-0.15, -0.1) is 0 Å². The molecule has 0 amide bonds. The Hall–Kier alpha value is -1.55. The van der Waals surface area contributed by atoms with Crippen LogP contribution in [0, 0.1) is 6.92 Å². The van der Waals surface area contributed by atoms with Gasteiger partial charge in [0.15, 0.2) is 0 Å². The van der Waals surface area contributed by atoms with E-state index in [1.807, 2.05) is 13.0 Å². The number of aromatic carboxylic acids is 1. The zero-order valence-corrected chi connectivity index (χ0v) is 10.2. The highest BCUT2D eigenvalue weighted by Crippen LogP contribution is 2.15. The van der Waals surface area contributed by atoms with Crippen LogP contribution >= 0.6 is 0 Å². The van der Waals surface area contributed by atoms with Crippen LogP contribution in [-0.2, 0) is 0 Å². The van der Waals surface area contributed by atoms with Crippen molar-refractivity contribution in [2.24, 2.45) is 0 Å². The number of hydrogen-bond acceptors (Lipinski definition) is 3. The van der Waals surface area contributed by atoms with Gasteiger partial charge >= 0.3 is 5.97 Å². The normalized spacial score (nSPS) is 12.2. The lowest BCUT2D eigenvalue weighted by Gasteiger charge is -2.11. The van der Waals surface area contributed by atoms with Crippen LogP contribution in [0.25, 0.3) is 0 Å². The quantitative estimate of drug-likeness (QED) is 0.710. The van der Waals surface area contributed by atoms with Gasteiger partial charge in [0.1, 0.15) is 0 Å². The Kier molecular flexibility index (Phi) is 4.97. The maximum atomic E-state index is 10.8. The summed E-state index contributed by atoms with van der Waals surface area (Å²) in [7, 11) is 0. The number of benzene rings is 1. The molecule has 0 aliphatic carbocycles. The van der Waals surface area contributed by atoms with E-state index in [0.29, 0.717) is 18.5 Å². The number of hydrogen-bond donors (Lipinski definition) is 3. The number of aliphatic hydroxyl groups excluding tert-OH is 1. The summed E-state index contributed by atoms with van der Waals surface area (Å²) in [4.78, 5) is 10.8. The van der Waals surface area contributed by atoms with Crippen molar-refractivity contribution in [3.8, 4) is 0 Å². The van der Waals surface area contributed by atoms with Gasteiger partial charge in [0.2, 0.25) is 0 Å². The molecule has 0 bridgehead atoms. The highest BCUT2D eigenvalue weighted by molar-refractivity contribution is 5.89. The number of rotatable bonds is 6. The van der Waals surface area contributed by atoms with E-state index in [1.165, 1.54) is 0 Å². The fourth-order valence-corrected chi connectivity index (χ4v) is 1.60. The highest BCUT2D eigenvalue weighted by atomic mass is 16.4. The average Bonchev–Trinajstić information content (AvgIpc) is 2.28. The van der Waals surface area contributed by atoms with Crippen LogP contribution in [0.5, 0.6) is 0 Å². The second-order valence-corrected chi connectivity index (χ2v) is 4.11. The van der Waals surface area contributed by atoms with Gasteiger partial charge in [-0.1, -0.05) is 6.92 Å². The molecule has 1 aromatic rings. The first-order valence-corrected chi connectivity index (χ1v) is 5.80. The van der Waals surface area contributed by atoms with Gasteiger partial charge in [0.25, 0.3) is 0 Å². The molecule has 0 spiro atoms. The molecule has 0 radical (unpaired) electrons. The van der Waals surface area contributed by atoms with Crippen molar-refractivity contribution in [3.05, 3.63) is 29.3 Å². The van der Waals surface area contributed by atoms with Crippen molar-refractivity contribution in [1.82, 2.24) is 0 Å². The summed E-state index contributed by atoms with van der Waals surface area (Å²) in [5, 5.41) is 21.4. The third kappa shape index (κ3) is 4.07. The molecule has 1 rings (SSSR count). The molecular formula is C13H19NO3. The van der Waals surface area contributed by atoms with Gasteiger partial charge < -0.3 is 15.5 Å². The standard InChI is InChI=1S/C13H19NO3/c1-3-11(15)6-7-14-10-4-5-12(13(16)17)9(2)8-10/h4-5,8,11,14-15H,3,6-7H2,1-2H3,(H,16,17). The molecule has 0 aliphatic rings. The van der Waals surface area contributed by atoms with Crippen LogP contribution < -0.4 is 5.32 Å². The molecule has 3 N–H and O–H groups in total. The number of aryl methyl sites for hydroxylation is 1. The van der Waals surface area contributed by atoms with E-state index in [4.69, 9.17) is 5.11 Å². The summed E-state index contributed by atoms with van der Waals surface area (Å²) in [6, 6.07) is 5.15. The number of nitrogens with one attached hydrogen (secondary N) is 1. The molecule has 0 aromatic heterocycles. The molecule has 4 heteroatoms.